The van der Waals surface area contributed by atoms with E-state index in [1.165, 1.54) is 23.8 Å². The van der Waals surface area contributed by atoms with Gasteiger partial charge in [-0.2, -0.15) is 0 Å². The molecule has 0 spiro atoms. The first kappa shape index (κ1) is 36.0. The molecule has 0 bridgehead atoms. The molecule has 1 aromatic rings. The molecule has 0 atom stereocenters. The van der Waals surface area contributed by atoms with Crippen molar-refractivity contribution < 1.29 is 48.6 Å². The number of benzene rings is 1. The molecule has 0 aromatic heterocycles. The molecule has 6 nitrogen and oxygen atoms in total. The van der Waals surface area contributed by atoms with Crippen molar-refractivity contribution >= 4 is 44.7 Å². The van der Waals surface area contributed by atoms with Crippen LogP contribution in [-0.2, 0) is 48.6 Å². The van der Waals surface area contributed by atoms with Crippen LogP contribution in [0.3, 0.4) is 0 Å². The Bertz CT molecular complexity index is 207. The van der Waals surface area contributed by atoms with E-state index in [0.717, 1.165) is 0 Å². The summed E-state index contributed by atoms with van der Waals surface area (Å²) >= 11 is 1.54. The maximum absolute atomic E-state index is 7.50. The van der Waals surface area contributed by atoms with Crippen molar-refractivity contribution in [3.63, 3.8) is 0 Å². The van der Waals surface area contributed by atoms with E-state index in [0.29, 0.717) is 0 Å². The average molecular weight is 429 g/mol. The van der Waals surface area contributed by atoms with Crippen LogP contribution in [0.25, 0.3) is 0 Å². The van der Waals surface area contributed by atoms with Crippen molar-refractivity contribution in [2.45, 2.75) is 0 Å². The number of carbonyl (C=O) groups excluding carboxylic acids is 6. The van der Waals surface area contributed by atoms with E-state index in [-0.39, 0.29) is 0 Å². The van der Waals surface area contributed by atoms with Gasteiger partial charge in [0, 0.05) is 0 Å². The standard InChI is InChI=1S/C6H5.6CO.W/c1-2-4-6-5-3-1;6*1-2;/h1-5H;;;;;;;. The third kappa shape index (κ3) is 87.9. The van der Waals surface area contributed by atoms with Crippen molar-refractivity contribution in [3.05, 3.63) is 30.3 Å². The van der Waals surface area contributed by atoms with Crippen LogP contribution >= 0.6 is 0 Å². The molecule has 0 aliphatic carbocycles. The molecular formula is C12H5O6W. The second-order valence-corrected chi connectivity index (χ2v) is 3.01. The van der Waals surface area contributed by atoms with Gasteiger partial charge in [0.2, 0.25) is 0 Å². The molecule has 19 heavy (non-hydrogen) atoms. The Morgan fingerprint density at radius 3 is 0.842 bits per heavy atom. The summed E-state index contributed by atoms with van der Waals surface area (Å²) in [6.07, 6.45) is 0. The van der Waals surface area contributed by atoms with E-state index in [4.69, 9.17) is 28.8 Å². The van der Waals surface area contributed by atoms with Gasteiger partial charge in [-0.1, -0.05) is 0 Å². The zero-order valence-corrected chi connectivity index (χ0v) is 12.2. The van der Waals surface area contributed by atoms with Gasteiger partial charge in [-0.15, -0.1) is 0 Å². The van der Waals surface area contributed by atoms with Crippen LogP contribution in [-0.4, -0.2) is 40.7 Å². The van der Waals surface area contributed by atoms with Crippen LogP contribution in [0, 0.1) is 0 Å². The van der Waals surface area contributed by atoms with Crippen LogP contribution in [0.2, 0.25) is 0 Å². The molecular weight excluding hydrogens is 424 g/mol. The van der Waals surface area contributed by atoms with E-state index in [1.54, 1.807) is 0 Å². The Hall–Kier alpha value is -2.07. The van der Waals surface area contributed by atoms with E-state index in [9.17, 15) is 0 Å². The van der Waals surface area contributed by atoms with Crippen molar-refractivity contribution in [2.24, 2.45) is 0 Å². The predicted molar refractivity (Wildman–Crippen MR) is 60.2 cm³/mol. The van der Waals surface area contributed by atoms with Gasteiger partial charge in [0.1, 0.15) is 0 Å². The van der Waals surface area contributed by atoms with Gasteiger partial charge in [0.15, 0.2) is 0 Å². The molecule has 0 aliphatic rings. The van der Waals surface area contributed by atoms with E-state index < -0.39 is 0 Å². The van der Waals surface area contributed by atoms with Crippen LogP contribution in [0.4, 0.5) is 0 Å². The van der Waals surface area contributed by atoms with Crippen LogP contribution in [0.1, 0.15) is 0 Å². The van der Waals surface area contributed by atoms with E-state index >= 15 is 0 Å². The Kier molecular flexibility index (Phi) is 191. The fourth-order valence-electron chi connectivity index (χ4n) is 0.420. The van der Waals surface area contributed by atoms with Gasteiger partial charge >= 0.3 is 54.1 Å². The molecule has 0 amide bonds. The summed E-state index contributed by atoms with van der Waals surface area (Å²) in [6, 6.07) is 10.4. The molecule has 0 fully saturated rings. The van der Waals surface area contributed by atoms with Gasteiger partial charge in [0.25, 0.3) is 40.7 Å². The molecule has 12 radical (unpaired) electrons. The molecule has 0 saturated carbocycles. The predicted octanol–water partition coefficient (Wildman–Crippen LogP) is -1.52. The number of hydrogen-bond acceptors (Lipinski definition) is 6. The maximum atomic E-state index is 7.50. The molecule has 95 valence electrons. The van der Waals surface area contributed by atoms with Gasteiger partial charge in [-0.25, -0.2) is 0 Å². The second-order valence-electron chi connectivity index (χ2n) is 1.31. The first-order valence-electron chi connectivity index (χ1n) is 3.34. The summed E-state index contributed by atoms with van der Waals surface area (Å²) in [5, 5.41) is 0. The first-order valence-corrected chi connectivity index (χ1v) is 4.81. The van der Waals surface area contributed by atoms with Crippen LogP contribution in [0.5, 0.6) is 0 Å². The fraction of sp³-hybridized carbons (Fsp3) is 0. The molecule has 0 unspecified atom stereocenters. The van der Waals surface area contributed by atoms with Gasteiger partial charge < -0.3 is 0 Å². The minimum atomic E-state index is 1.41. The molecule has 1 aromatic carbocycles. The van der Waals surface area contributed by atoms with Crippen molar-refractivity contribution in [2.75, 3.05) is 0 Å². The summed E-state index contributed by atoms with van der Waals surface area (Å²) in [5.74, 6) is 0. The van der Waals surface area contributed by atoms with Crippen molar-refractivity contribution in [1.82, 2.24) is 0 Å². The number of rotatable bonds is 0. The summed E-state index contributed by atoms with van der Waals surface area (Å²) < 4.78 is 1.41. The summed E-state index contributed by atoms with van der Waals surface area (Å²) in [6.45, 7) is 27.0. The first-order chi connectivity index (χ1) is 9.39. The third-order valence-electron chi connectivity index (χ3n) is 0.743. The summed E-state index contributed by atoms with van der Waals surface area (Å²) in [7, 11) is 0. The fourth-order valence-corrected chi connectivity index (χ4v) is 0.985. The topological polar surface area (TPSA) is 102 Å². The van der Waals surface area contributed by atoms with Crippen molar-refractivity contribution in [3.8, 4) is 0 Å². The quantitative estimate of drug-likeness (QED) is 0.497. The Morgan fingerprint density at radius 2 is 0.737 bits per heavy atom. The Labute approximate surface area is 124 Å². The third-order valence-corrected chi connectivity index (χ3v) is 1.72. The van der Waals surface area contributed by atoms with Crippen molar-refractivity contribution in [1.29, 1.82) is 0 Å². The summed E-state index contributed by atoms with van der Waals surface area (Å²) in [5.41, 5.74) is 0. The normalized spacial score (nSPS) is 4.42. The molecule has 0 saturated heterocycles. The zero-order chi connectivity index (χ0) is 17.1. The SMILES string of the molecule is [C]=O.[C]=O.[C]=O.[C]=O.[C]=O.[C]=O.[W][c]1ccccc1. The minimum absolute atomic E-state index is 1.41. The second kappa shape index (κ2) is 101. The molecule has 0 N–H and O–H groups in total. The van der Waals surface area contributed by atoms with Crippen LogP contribution < -0.4 is 3.95 Å². The van der Waals surface area contributed by atoms with Crippen LogP contribution in [0.15, 0.2) is 30.3 Å². The molecule has 1 rings (SSSR count). The van der Waals surface area contributed by atoms with E-state index in [1.807, 2.05) is 6.07 Å². The number of hydrogen-bond donors (Lipinski definition) is 0. The average Bonchev–Trinajstić information content (AvgIpc) is 2.59. The van der Waals surface area contributed by atoms with Gasteiger partial charge in [-0.3, -0.25) is 28.8 Å². The molecule has 0 heterocycles. The molecule has 0 aliphatic heterocycles. The monoisotopic (exact) mass is 429 g/mol. The summed E-state index contributed by atoms with van der Waals surface area (Å²) in [4.78, 5) is 45.0. The van der Waals surface area contributed by atoms with Gasteiger partial charge in [-0.05, 0) is 0 Å². The zero-order valence-electron chi connectivity index (χ0n) is 9.24. The Morgan fingerprint density at radius 1 is 0.526 bits per heavy atom. The Balaban J connectivity index is -0.0000000304. The van der Waals surface area contributed by atoms with Gasteiger partial charge in [0.05, 0.1) is 0 Å². The molecule has 7 heteroatoms. The van der Waals surface area contributed by atoms with E-state index in [2.05, 4.69) is 65.0 Å².